The van der Waals surface area contributed by atoms with Crippen LogP contribution < -0.4 is 10.3 Å². The minimum Gasteiger partial charge on any atom is -0.497 e. The summed E-state index contributed by atoms with van der Waals surface area (Å²) in [5, 5.41) is 1.02. The van der Waals surface area contributed by atoms with Gasteiger partial charge in [-0.1, -0.05) is 6.92 Å². The monoisotopic (exact) mass is 330 g/mol. The van der Waals surface area contributed by atoms with E-state index in [-0.39, 0.29) is 5.56 Å². The molecule has 24 heavy (non-hydrogen) atoms. The first-order valence-electron chi connectivity index (χ1n) is 8.73. The van der Waals surface area contributed by atoms with Crippen LogP contribution in [0.1, 0.15) is 31.7 Å². The Balaban J connectivity index is 1.77. The lowest BCUT2D eigenvalue weighted by Gasteiger charge is -2.29. The molecule has 0 spiro atoms. The molecule has 2 heterocycles. The van der Waals surface area contributed by atoms with Crippen molar-refractivity contribution in [1.82, 2.24) is 9.88 Å². The highest BCUT2D eigenvalue weighted by Crippen LogP contribution is 2.19. The second-order valence-electron chi connectivity index (χ2n) is 6.39. The zero-order valence-corrected chi connectivity index (χ0v) is 14.5. The number of benzene rings is 1. The molecule has 0 amide bonds. The summed E-state index contributed by atoms with van der Waals surface area (Å²) in [5.74, 6) is 0.746. The molecule has 0 unspecified atom stereocenters. The molecule has 5 heteroatoms. The maximum atomic E-state index is 12.4. The molecule has 1 fully saturated rings. The number of aromatic nitrogens is 1. The molecule has 2 aromatic rings. The zero-order chi connectivity index (χ0) is 16.9. The molecule has 1 aliphatic rings. The first-order chi connectivity index (χ1) is 11.7. The summed E-state index contributed by atoms with van der Waals surface area (Å²) < 4.78 is 11.0. The summed E-state index contributed by atoms with van der Waals surface area (Å²) in [6.07, 6.45) is 3.81. The van der Waals surface area contributed by atoms with Crippen LogP contribution in [-0.4, -0.2) is 42.8 Å². The van der Waals surface area contributed by atoms with Crippen LogP contribution in [0.3, 0.4) is 0 Å². The quantitative estimate of drug-likeness (QED) is 0.885. The molecule has 0 bridgehead atoms. The summed E-state index contributed by atoms with van der Waals surface area (Å²) in [5.41, 5.74) is 1.57. The van der Waals surface area contributed by atoms with Crippen molar-refractivity contribution in [3.8, 4) is 5.75 Å². The van der Waals surface area contributed by atoms with Crippen molar-refractivity contribution in [3.05, 3.63) is 40.2 Å². The molecule has 130 valence electrons. The van der Waals surface area contributed by atoms with E-state index in [1.807, 2.05) is 24.3 Å². The maximum absolute atomic E-state index is 12.4. The Labute approximate surface area is 142 Å². The molecular weight excluding hydrogens is 304 g/mol. The summed E-state index contributed by atoms with van der Waals surface area (Å²) in [7, 11) is 1.63. The average molecular weight is 330 g/mol. The SMILES string of the molecule is CCN(Cc1cc2ccc(OC)cc2[nH]c1=O)C[C@H]1CCCCO1. The number of methoxy groups -OCH3 is 1. The number of H-pyrrole nitrogens is 1. The minimum absolute atomic E-state index is 0.0289. The number of nitrogens with one attached hydrogen (secondary N) is 1. The Kier molecular flexibility index (Phi) is 5.53. The number of nitrogens with zero attached hydrogens (tertiary/aromatic N) is 1. The van der Waals surface area contributed by atoms with Crippen molar-refractivity contribution in [2.24, 2.45) is 0 Å². The van der Waals surface area contributed by atoms with E-state index >= 15 is 0 Å². The normalized spacial score (nSPS) is 18.2. The third-order valence-electron chi connectivity index (χ3n) is 4.71. The number of pyridine rings is 1. The van der Waals surface area contributed by atoms with Crippen LogP contribution in [-0.2, 0) is 11.3 Å². The fraction of sp³-hybridized carbons (Fsp3) is 0.526. The lowest BCUT2D eigenvalue weighted by Crippen LogP contribution is -2.36. The molecule has 0 radical (unpaired) electrons. The highest BCUT2D eigenvalue weighted by molar-refractivity contribution is 5.80. The number of rotatable bonds is 6. The molecule has 5 nitrogen and oxygen atoms in total. The molecule has 1 saturated heterocycles. The Hall–Kier alpha value is -1.85. The van der Waals surface area contributed by atoms with Crippen LogP contribution in [0.25, 0.3) is 10.9 Å². The predicted octanol–water partition coefficient (Wildman–Crippen LogP) is 2.93. The average Bonchev–Trinajstić information content (AvgIpc) is 2.62. The zero-order valence-electron chi connectivity index (χ0n) is 14.5. The van der Waals surface area contributed by atoms with Gasteiger partial charge in [-0.05, 0) is 49.4 Å². The Bertz CT molecular complexity index is 735. The van der Waals surface area contributed by atoms with Crippen LogP contribution in [0.15, 0.2) is 29.1 Å². The molecule has 1 aliphatic heterocycles. The van der Waals surface area contributed by atoms with Crippen LogP contribution >= 0.6 is 0 Å². The minimum atomic E-state index is -0.0289. The van der Waals surface area contributed by atoms with E-state index in [2.05, 4.69) is 16.8 Å². The lowest BCUT2D eigenvalue weighted by molar-refractivity contribution is -0.00629. The van der Waals surface area contributed by atoms with Crippen LogP contribution in [0.2, 0.25) is 0 Å². The topological polar surface area (TPSA) is 54.6 Å². The number of ether oxygens (including phenoxy) is 2. The van der Waals surface area contributed by atoms with Crippen LogP contribution in [0, 0.1) is 0 Å². The standard InChI is InChI=1S/C19H26N2O3/c1-3-21(13-17-6-4-5-9-24-17)12-15-10-14-7-8-16(23-2)11-18(14)20-19(15)22/h7-8,10-11,17H,3-6,9,12-13H2,1-2H3,(H,20,22)/t17-/m1/s1. The lowest BCUT2D eigenvalue weighted by atomic mass is 10.1. The molecule has 1 N–H and O–H groups in total. The second-order valence-corrected chi connectivity index (χ2v) is 6.39. The van der Waals surface area contributed by atoms with Crippen molar-refractivity contribution in [2.75, 3.05) is 26.8 Å². The van der Waals surface area contributed by atoms with Gasteiger partial charge in [0.1, 0.15) is 5.75 Å². The van der Waals surface area contributed by atoms with E-state index in [9.17, 15) is 4.79 Å². The molecular formula is C19H26N2O3. The predicted molar refractivity (Wildman–Crippen MR) is 95.7 cm³/mol. The van der Waals surface area contributed by atoms with Gasteiger partial charge in [0.25, 0.3) is 5.56 Å². The van der Waals surface area contributed by atoms with Gasteiger partial charge in [0, 0.05) is 31.3 Å². The van der Waals surface area contributed by atoms with Crippen molar-refractivity contribution < 1.29 is 9.47 Å². The third kappa shape index (κ3) is 3.97. The van der Waals surface area contributed by atoms with E-state index in [4.69, 9.17) is 9.47 Å². The molecule has 0 saturated carbocycles. The maximum Gasteiger partial charge on any atom is 0.252 e. The van der Waals surface area contributed by atoms with E-state index in [0.717, 1.165) is 54.8 Å². The van der Waals surface area contributed by atoms with Crippen molar-refractivity contribution in [2.45, 2.75) is 38.8 Å². The summed E-state index contributed by atoms with van der Waals surface area (Å²) >= 11 is 0. The molecule has 1 aromatic heterocycles. The highest BCUT2D eigenvalue weighted by Gasteiger charge is 2.18. The van der Waals surface area contributed by atoms with Gasteiger partial charge in [-0.15, -0.1) is 0 Å². The molecule has 3 rings (SSSR count). The van der Waals surface area contributed by atoms with Crippen LogP contribution in [0.4, 0.5) is 0 Å². The van der Waals surface area contributed by atoms with Gasteiger partial charge in [-0.3, -0.25) is 9.69 Å². The van der Waals surface area contributed by atoms with Gasteiger partial charge in [0.2, 0.25) is 0 Å². The van der Waals surface area contributed by atoms with E-state index < -0.39 is 0 Å². The van der Waals surface area contributed by atoms with Gasteiger partial charge in [-0.2, -0.15) is 0 Å². The summed E-state index contributed by atoms with van der Waals surface area (Å²) in [4.78, 5) is 17.7. The largest absolute Gasteiger partial charge is 0.497 e. The molecule has 1 aromatic carbocycles. The number of aromatic amines is 1. The Morgan fingerprint density at radius 1 is 1.33 bits per heavy atom. The number of hydrogen-bond acceptors (Lipinski definition) is 4. The first kappa shape index (κ1) is 17.0. The number of hydrogen-bond donors (Lipinski definition) is 1. The summed E-state index contributed by atoms with van der Waals surface area (Å²) in [6, 6.07) is 7.73. The number of likely N-dealkylation sites (N-methyl/N-ethyl adjacent to an activating group) is 1. The van der Waals surface area contributed by atoms with Crippen molar-refractivity contribution in [3.63, 3.8) is 0 Å². The number of fused-ring (bicyclic) bond motifs is 1. The second kappa shape index (κ2) is 7.81. The molecule has 1 atom stereocenters. The smallest absolute Gasteiger partial charge is 0.252 e. The van der Waals surface area contributed by atoms with E-state index in [1.54, 1.807) is 7.11 Å². The van der Waals surface area contributed by atoms with Gasteiger partial charge >= 0.3 is 0 Å². The van der Waals surface area contributed by atoms with Gasteiger partial charge < -0.3 is 14.5 Å². The molecule has 0 aliphatic carbocycles. The fourth-order valence-electron chi connectivity index (χ4n) is 3.26. The van der Waals surface area contributed by atoms with Gasteiger partial charge in [-0.25, -0.2) is 0 Å². The first-order valence-corrected chi connectivity index (χ1v) is 8.73. The fourth-order valence-corrected chi connectivity index (χ4v) is 3.26. The van der Waals surface area contributed by atoms with Crippen molar-refractivity contribution in [1.29, 1.82) is 0 Å². The van der Waals surface area contributed by atoms with E-state index in [1.165, 1.54) is 6.42 Å². The van der Waals surface area contributed by atoms with Crippen LogP contribution in [0.5, 0.6) is 5.75 Å². The highest BCUT2D eigenvalue weighted by atomic mass is 16.5. The Morgan fingerprint density at radius 2 is 2.21 bits per heavy atom. The van der Waals surface area contributed by atoms with Crippen molar-refractivity contribution >= 4 is 10.9 Å². The Morgan fingerprint density at radius 3 is 2.92 bits per heavy atom. The van der Waals surface area contributed by atoms with Gasteiger partial charge in [0.15, 0.2) is 0 Å². The third-order valence-corrected chi connectivity index (χ3v) is 4.71. The summed E-state index contributed by atoms with van der Waals surface area (Å²) in [6.45, 7) is 5.42. The van der Waals surface area contributed by atoms with Gasteiger partial charge in [0.05, 0.1) is 18.7 Å². The van der Waals surface area contributed by atoms with E-state index in [0.29, 0.717) is 12.6 Å².